The lowest BCUT2D eigenvalue weighted by atomic mass is 10.1. The SMILES string of the molecule is CCCS(=O)(=O)c1ccc(Nc2nc(Nc3ccc(C=Cc4ccc(Nc5nc(Cc6ccc(CCCO)cc6)nc(N(CC(C)O)CC(C)O)n5)cc4S(=O)(=O)O)c(S(=O)(=O)O)c3)nc(N(CC(C)O)C(C)CO)n2)cc1. The monoisotopic (exact) mass is 1140 g/mol. The smallest absolute Gasteiger partial charge is 0.295 e. The van der Waals surface area contributed by atoms with E-state index in [-0.39, 0.29) is 108 Å². The van der Waals surface area contributed by atoms with Gasteiger partial charge < -0.3 is 51.3 Å². The summed E-state index contributed by atoms with van der Waals surface area (Å²) in [5, 5.41) is 59.2. The summed E-state index contributed by atoms with van der Waals surface area (Å²) in [4.78, 5) is 29.1. The van der Waals surface area contributed by atoms with Crippen LogP contribution < -0.4 is 25.8 Å². The lowest BCUT2D eigenvalue weighted by Gasteiger charge is -2.29. The molecule has 78 heavy (non-hydrogen) atoms. The molecule has 4 atom stereocenters. The Bertz CT molecular complexity index is 3360. The zero-order valence-electron chi connectivity index (χ0n) is 43.5. The first-order valence-electron chi connectivity index (χ1n) is 24.8. The number of hydrogen-bond donors (Lipinski definition) is 10. The molecule has 27 heteroatoms. The fraction of sp³-hybridized carbons (Fsp3) is 0.373. The Kier molecular flexibility index (Phi) is 20.7. The molecule has 0 saturated carbocycles. The molecule has 4 unspecified atom stereocenters. The number of rotatable bonds is 28. The number of aliphatic hydroxyl groups is 5. The molecule has 420 valence electrons. The van der Waals surface area contributed by atoms with E-state index in [2.05, 4.69) is 45.9 Å². The summed E-state index contributed by atoms with van der Waals surface area (Å²) < 4.78 is 98.0. The van der Waals surface area contributed by atoms with Crippen LogP contribution in [0, 0.1) is 0 Å². The van der Waals surface area contributed by atoms with Crippen molar-refractivity contribution in [2.24, 2.45) is 0 Å². The summed E-state index contributed by atoms with van der Waals surface area (Å²) in [6, 6.07) is 20.6. The number of aryl methyl sites for hydroxylation is 1. The van der Waals surface area contributed by atoms with Crippen molar-refractivity contribution in [2.45, 2.75) is 99.3 Å². The maximum absolute atomic E-state index is 12.9. The number of nitrogens with one attached hydrogen (secondary N) is 3. The average molecular weight is 1140 g/mol. The first kappa shape index (κ1) is 60.4. The van der Waals surface area contributed by atoms with E-state index in [1.165, 1.54) is 72.5 Å². The van der Waals surface area contributed by atoms with Gasteiger partial charge in [0.15, 0.2) is 9.84 Å². The molecule has 4 aromatic carbocycles. The molecule has 2 aromatic heterocycles. The third kappa shape index (κ3) is 17.4. The summed E-state index contributed by atoms with van der Waals surface area (Å²) in [6.45, 7) is 7.84. The zero-order chi connectivity index (χ0) is 57.0. The summed E-state index contributed by atoms with van der Waals surface area (Å²) in [6.07, 6.45) is 1.77. The second kappa shape index (κ2) is 26.7. The third-order valence-corrected chi connectivity index (χ3v) is 15.3. The Hall–Kier alpha value is -6.79. The van der Waals surface area contributed by atoms with Gasteiger partial charge in [-0.1, -0.05) is 55.5 Å². The molecule has 0 amide bonds. The van der Waals surface area contributed by atoms with E-state index >= 15 is 0 Å². The van der Waals surface area contributed by atoms with E-state index < -0.39 is 64.2 Å². The standard InChI is InChI=1S/C51H65N11O13S3/c1-6-24-76(68,69)43-21-19-40(20-22-43)52-48-57-49(60-51(59-48)62(30-35(5)67)32(2)31-64)54-42-18-16-39(45(27-42)78(73,74)75)14-13-38-15-17-41(26-44(38)77(70,71)72)53-47-55-46(25-37-11-9-36(10-12-37)8-7-23-63)56-50(58-47)61(28-33(3)65)29-34(4)66/h9-22,26-27,32-35,63-67H,6-8,23-25,28-31H2,1-5H3,(H,70,71,72)(H,73,74,75)(H,53,55,56,58)(H2,52,54,57,59,60). The van der Waals surface area contributed by atoms with Gasteiger partial charge in [-0.2, -0.15) is 46.7 Å². The van der Waals surface area contributed by atoms with Crippen LogP contribution in [0.1, 0.15) is 75.5 Å². The van der Waals surface area contributed by atoms with Crippen molar-refractivity contribution >= 4 is 89.0 Å². The number of anilines is 8. The fourth-order valence-corrected chi connectivity index (χ4v) is 10.7. The van der Waals surface area contributed by atoms with Crippen molar-refractivity contribution in [3.05, 3.63) is 113 Å². The van der Waals surface area contributed by atoms with Gasteiger partial charge in [0.1, 0.15) is 15.6 Å². The zero-order valence-corrected chi connectivity index (χ0v) is 46.0. The van der Waals surface area contributed by atoms with E-state index in [1.54, 1.807) is 32.6 Å². The predicted molar refractivity (Wildman–Crippen MR) is 296 cm³/mol. The molecule has 6 rings (SSSR count). The van der Waals surface area contributed by atoms with Crippen LogP contribution in [0.2, 0.25) is 0 Å². The molecule has 6 aromatic rings. The highest BCUT2D eigenvalue weighted by atomic mass is 32.2. The quantitative estimate of drug-likeness (QED) is 0.0233. The van der Waals surface area contributed by atoms with Gasteiger partial charge in [0, 0.05) is 49.7 Å². The van der Waals surface area contributed by atoms with Crippen LogP contribution in [-0.2, 0) is 42.9 Å². The summed E-state index contributed by atoms with van der Waals surface area (Å²) >= 11 is 0. The highest BCUT2D eigenvalue weighted by molar-refractivity contribution is 7.91. The van der Waals surface area contributed by atoms with Crippen molar-refractivity contribution in [2.75, 3.05) is 64.4 Å². The Morgan fingerprint density at radius 3 is 1.53 bits per heavy atom. The molecule has 0 radical (unpaired) electrons. The molecule has 2 heterocycles. The Morgan fingerprint density at radius 1 is 0.577 bits per heavy atom. The minimum atomic E-state index is -5.00. The van der Waals surface area contributed by atoms with Crippen LogP contribution in [0.3, 0.4) is 0 Å². The van der Waals surface area contributed by atoms with Crippen molar-refractivity contribution in [1.82, 2.24) is 29.9 Å². The number of aliphatic hydroxyl groups excluding tert-OH is 5. The number of aromatic nitrogens is 6. The molecule has 0 fully saturated rings. The van der Waals surface area contributed by atoms with Gasteiger partial charge in [0.05, 0.1) is 41.6 Å². The largest absolute Gasteiger partial charge is 0.396 e. The number of nitrogens with zero attached hydrogens (tertiary/aromatic N) is 8. The summed E-state index contributed by atoms with van der Waals surface area (Å²) in [5.74, 6) is 0.0496. The molecule has 0 saturated heterocycles. The minimum Gasteiger partial charge on any atom is -0.396 e. The van der Waals surface area contributed by atoms with E-state index in [0.29, 0.717) is 24.9 Å². The van der Waals surface area contributed by atoms with Crippen molar-refractivity contribution in [1.29, 1.82) is 0 Å². The minimum absolute atomic E-state index is 0.0203. The Morgan fingerprint density at radius 2 is 1.05 bits per heavy atom. The van der Waals surface area contributed by atoms with Gasteiger partial charge in [-0.3, -0.25) is 9.11 Å². The Labute approximate surface area is 453 Å². The highest BCUT2D eigenvalue weighted by Gasteiger charge is 2.24. The first-order chi connectivity index (χ1) is 36.8. The van der Waals surface area contributed by atoms with Crippen molar-refractivity contribution in [3.8, 4) is 0 Å². The van der Waals surface area contributed by atoms with E-state index in [4.69, 9.17) is 0 Å². The maximum atomic E-state index is 12.9. The molecule has 0 aliphatic carbocycles. The molecule has 0 spiro atoms. The molecular formula is C51H65N11O13S3. The van der Waals surface area contributed by atoms with Crippen LogP contribution in [0.5, 0.6) is 0 Å². The van der Waals surface area contributed by atoms with Crippen LogP contribution in [0.4, 0.5) is 46.8 Å². The molecule has 24 nitrogen and oxygen atoms in total. The van der Waals surface area contributed by atoms with Crippen LogP contribution in [0.25, 0.3) is 12.2 Å². The van der Waals surface area contributed by atoms with Crippen LogP contribution >= 0.6 is 0 Å². The number of sulfone groups is 1. The highest BCUT2D eigenvalue weighted by Crippen LogP contribution is 2.30. The van der Waals surface area contributed by atoms with Gasteiger partial charge in [-0.15, -0.1) is 0 Å². The predicted octanol–water partition coefficient (Wildman–Crippen LogP) is 4.79. The average Bonchev–Trinajstić information content (AvgIpc) is 3.37. The van der Waals surface area contributed by atoms with Gasteiger partial charge in [0.2, 0.25) is 29.7 Å². The lowest BCUT2D eigenvalue weighted by Crippen LogP contribution is -2.41. The van der Waals surface area contributed by atoms with E-state index in [1.807, 2.05) is 24.3 Å². The lowest BCUT2D eigenvalue weighted by molar-refractivity contribution is 0.177. The second-order valence-corrected chi connectivity index (χ2v) is 23.5. The molecule has 0 aliphatic rings. The van der Waals surface area contributed by atoms with Crippen molar-refractivity contribution < 1.29 is 59.9 Å². The Balaban J connectivity index is 1.32. The van der Waals surface area contributed by atoms with Gasteiger partial charge in [0.25, 0.3) is 20.2 Å². The second-order valence-electron chi connectivity index (χ2n) is 18.6. The normalized spacial score (nSPS) is 13.7. The van der Waals surface area contributed by atoms with Gasteiger partial charge >= 0.3 is 0 Å². The van der Waals surface area contributed by atoms with Gasteiger partial charge in [-0.05, 0) is 118 Å². The number of hydrogen-bond acceptors (Lipinski definition) is 22. The topological polar surface area (TPSA) is 364 Å². The van der Waals surface area contributed by atoms with Crippen LogP contribution in [-0.4, -0.2) is 153 Å². The van der Waals surface area contributed by atoms with Crippen LogP contribution in [0.15, 0.2) is 99.6 Å². The molecule has 0 bridgehead atoms. The first-order valence-corrected chi connectivity index (χ1v) is 29.3. The van der Waals surface area contributed by atoms with E-state index in [0.717, 1.165) is 23.3 Å². The summed E-state index contributed by atoms with van der Waals surface area (Å²) in [5.41, 5.74) is 2.18. The van der Waals surface area contributed by atoms with E-state index in [9.17, 15) is 59.9 Å². The third-order valence-electron chi connectivity index (χ3n) is 11.5. The molecular weight excluding hydrogens is 1070 g/mol. The summed E-state index contributed by atoms with van der Waals surface area (Å²) in [7, 11) is -13.5. The fourth-order valence-electron chi connectivity index (χ4n) is 7.94. The molecule has 10 N–H and O–H groups in total. The molecule has 0 aliphatic heterocycles. The maximum Gasteiger partial charge on any atom is 0.295 e. The van der Waals surface area contributed by atoms with Gasteiger partial charge in [-0.25, -0.2) is 8.42 Å². The number of benzene rings is 4. The van der Waals surface area contributed by atoms with Crippen molar-refractivity contribution in [3.63, 3.8) is 0 Å².